The standard InChI is InChI=1S/C7H4ClF2N3/c8-5-4(6(9)10)1-3(2-11)13-7(5)12/h1,6H,(H2,12,13). The average molecular weight is 204 g/mol. The van der Waals surface area contributed by atoms with Crippen molar-refractivity contribution >= 4 is 17.4 Å². The number of hydrogen-bond acceptors (Lipinski definition) is 3. The van der Waals surface area contributed by atoms with E-state index in [4.69, 9.17) is 22.6 Å². The number of hydrogen-bond donors (Lipinski definition) is 1. The molecule has 2 N–H and O–H groups in total. The Balaban J connectivity index is 3.35. The van der Waals surface area contributed by atoms with Crippen LogP contribution in [0, 0.1) is 11.3 Å². The Morgan fingerprint density at radius 3 is 2.69 bits per heavy atom. The summed E-state index contributed by atoms with van der Waals surface area (Å²) in [5, 5.41) is 8.11. The lowest BCUT2D eigenvalue weighted by Crippen LogP contribution is -1.98. The van der Waals surface area contributed by atoms with Gasteiger partial charge in [0.1, 0.15) is 17.6 Å². The van der Waals surface area contributed by atoms with Crippen LogP contribution in [0.25, 0.3) is 0 Å². The first kappa shape index (κ1) is 9.68. The number of nitrogens with zero attached hydrogens (tertiary/aromatic N) is 2. The fraction of sp³-hybridized carbons (Fsp3) is 0.143. The molecule has 0 aliphatic rings. The minimum absolute atomic E-state index is 0.169. The number of halogens is 3. The van der Waals surface area contributed by atoms with Crippen molar-refractivity contribution in [2.75, 3.05) is 5.73 Å². The van der Waals surface area contributed by atoms with Crippen LogP contribution in [0.4, 0.5) is 14.6 Å². The summed E-state index contributed by atoms with van der Waals surface area (Å²) in [6.45, 7) is 0. The summed E-state index contributed by atoms with van der Waals surface area (Å²) in [6.07, 6.45) is -2.76. The molecular weight excluding hydrogens is 200 g/mol. The van der Waals surface area contributed by atoms with E-state index in [2.05, 4.69) is 4.98 Å². The maximum Gasteiger partial charge on any atom is 0.265 e. The number of alkyl halides is 2. The van der Waals surface area contributed by atoms with E-state index in [-0.39, 0.29) is 16.5 Å². The number of anilines is 1. The van der Waals surface area contributed by atoms with Gasteiger partial charge in [-0.1, -0.05) is 11.6 Å². The number of rotatable bonds is 1. The second-order valence-corrected chi connectivity index (χ2v) is 2.59. The van der Waals surface area contributed by atoms with Gasteiger partial charge in [0.15, 0.2) is 0 Å². The van der Waals surface area contributed by atoms with Crippen LogP contribution in [0.1, 0.15) is 17.7 Å². The lowest BCUT2D eigenvalue weighted by molar-refractivity contribution is 0.151. The van der Waals surface area contributed by atoms with Gasteiger partial charge in [0, 0.05) is 5.56 Å². The zero-order valence-electron chi connectivity index (χ0n) is 6.26. The van der Waals surface area contributed by atoms with Gasteiger partial charge in [-0.25, -0.2) is 13.8 Å². The topological polar surface area (TPSA) is 62.7 Å². The monoisotopic (exact) mass is 203 g/mol. The normalized spacial score (nSPS) is 10.1. The smallest absolute Gasteiger partial charge is 0.265 e. The molecule has 1 aromatic heterocycles. The van der Waals surface area contributed by atoms with Crippen LogP contribution < -0.4 is 5.73 Å². The van der Waals surface area contributed by atoms with E-state index < -0.39 is 12.0 Å². The Morgan fingerprint density at radius 2 is 2.23 bits per heavy atom. The molecule has 0 spiro atoms. The third-order valence-corrected chi connectivity index (χ3v) is 1.77. The van der Waals surface area contributed by atoms with Gasteiger partial charge in [-0.2, -0.15) is 5.26 Å². The Morgan fingerprint density at radius 1 is 1.62 bits per heavy atom. The summed E-state index contributed by atoms with van der Waals surface area (Å²) >= 11 is 5.44. The molecule has 13 heavy (non-hydrogen) atoms. The zero-order chi connectivity index (χ0) is 10.0. The molecule has 0 unspecified atom stereocenters. The van der Waals surface area contributed by atoms with Gasteiger partial charge >= 0.3 is 0 Å². The zero-order valence-corrected chi connectivity index (χ0v) is 7.02. The third-order valence-electron chi connectivity index (χ3n) is 1.36. The molecule has 0 amide bonds. The second kappa shape index (κ2) is 3.54. The first-order valence-corrected chi connectivity index (χ1v) is 3.58. The highest BCUT2D eigenvalue weighted by molar-refractivity contribution is 6.33. The van der Waals surface area contributed by atoms with E-state index in [0.717, 1.165) is 6.07 Å². The minimum atomic E-state index is -2.76. The van der Waals surface area contributed by atoms with Crippen molar-refractivity contribution in [2.24, 2.45) is 0 Å². The second-order valence-electron chi connectivity index (χ2n) is 2.21. The number of nitrogen functional groups attached to an aromatic ring is 1. The van der Waals surface area contributed by atoms with Gasteiger partial charge in [0.2, 0.25) is 0 Å². The molecular formula is C7H4ClF2N3. The summed E-state index contributed by atoms with van der Waals surface area (Å²) in [5.41, 5.74) is 4.57. The molecule has 1 heterocycles. The van der Waals surface area contributed by atoms with E-state index in [0.29, 0.717) is 0 Å². The van der Waals surface area contributed by atoms with Crippen LogP contribution in [0.2, 0.25) is 5.02 Å². The molecule has 68 valence electrons. The molecule has 3 nitrogen and oxygen atoms in total. The molecule has 0 aliphatic heterocycles. The van der Waals surface area contributed by atoms with Gasteiger partial charge in [-0.05, 0) is 6.07 Å². The van der Waals surface area contributed by atoms with Crippen molar-refractivity contribution in [3.05, 3.63) is 22.3 Å². The van der Waals surface area contributed by atoms with E-state index in [1.807, 2.05) is 0 Å². The molecule has 1 rings (SSSR count). The molecule has 0 aliphatic carbocycles. The maximum atomic E-state index is 12.2. The highest BCUT2D eigenvalue weighted by Gasteiger charge is 2.16. The molecule has 0 saturated carbocycles. The lowest BCUT2D eigenvalue weighted by Gasteiger charge is -2.04. The number of aromatic nitrogens is 1. The van der Waals surface area contributed by atoms with Crippen LogP contribution >= 0.6 is 11.6 Å². The van der Waals surface area contributed by atoms with Crippen molar-refractivity contribution in [1.29, 1.82) is 5.26 Å². The van der Waals surface area contributed by atoms with Gasteiger partial charge in [-0.3, -0.25) is 0 Å². The predicted molar refractivity (Wildman–Crippen MR) is 43.3 cm³/mol. The first-order chi connectivity index (χ1) is 6.06. The van der Waals surface area contributed by atoms with E-state index in [1.54, 1.807) is 6.07 Å². The summed E-state index contributed by atoms with van der Waals surface area (Å²) in [4.78, 5) is 3.49. The minimum Gasteiger partial charge on any atom is -0.382 e. The Labute approximate surface area is 77.7 Å². The van der Waals surface area contributed by atoms with Crippen LogP contribution in [0.5, 0.6) is 0 Å². The van der Waals surface area contributed by atoms with Crippen LogP contribution in [0.15, 0.2) is 6.07 Å². The Hall–Kier alpha value is -1.41. The lowest BCUT2D eigenvalue weighted by atomic mass is 10.2. The summed E-state index contributed by atoms with van der Waals surface area (Å²) < 4.78 is 24.5. The van der Waals surface area contributed by atoms with Crippen molar-refractivity contribution in [3.8, 4) is 6.07 Å². The van der Waals surface area contributed by atoms with Crippen LogP contribution in [-0.2, 0) is 0 Å². The molecule has 0 fully saturated rings. The molecule has 0 atom stereocenters. The van der Waals surface area contributed by atoms with Crippen LogP contribution in [-0.4, -0.2) is 4.98 Å². The molecule has 0 radical (unpaired) electrons. The van der Waals surface area contributed by atoms with Gasteiger partial charge in [0.05, 0.1) is 5.02 Å². The van der Waals surface area contributed by atoms with Gasteiger partial charge < -0.3 is 5.73 Å². The molecule has 6 heteroatoms. The summed E-state index contributed by atoms with van der Waals surface area (Å²) in [6, 6.07) is 2.53. The Bertz CT molecular complexity index is 373. The molecule has 0 saturated heterocycles. The van der Waals surface area contributed by atoms with Crippen molar-refractivity contribution < 1.29 is 8.78 Å². The van der Waals surface area contributed by atoms with Gasteiger partial charge in [0.25, 0.3) is 6.43 Å². The van der Waals surface area contributed by atoms with Crippen molar-refractivity contribution in [2.45, 2.75) is 6.43 Å². The number of pyridine rings is 1. The van der Waals surface area contributed by atoms with E-state index >= 15 is 0 Å². The predicted octanol–water partition coefficient (Wildman–Crippen LogP) is 2.13. The number of nitriles is 1. The highest BCUT2D eigenvalue weighted by atomic mass is 35.5. The quantitative estimate of drug-likeness (QED) is 0.761. The fourth-order valence-electron chi connectivity index (χ4n) is 0.786. The third kappa shape index (κ3) is 1.84. The van der Waals surface area contributed by atoms with E-state index in [1.165, 1.54) is 0 Å². The summed E-state index contributed by atoms with van der Waals surface area (Å²) in [5.74, 6) is -0.254. The molecule has 1 aromatic rings. The van der Waals surface area contributed by atoms with Gasteiger partial charge in [-0.15, -0.1) is 0 Å². The first-order valence-electron chi connectivity index (χ1n) is 3.20. The van der Waals surface area contributed by atoms with Crippen molar-refractivity contribution in [1.82, 2.24) is 4.98 Å². The SMILES string of the molecule is N#Cc1cc(C(F)F)c(Cl)c(N)n1. The molecule has 0 bridgehead atoms. The largest absolute Gasteiger partial charge is 0.382 e. The number of nitrogens with two attached hydrogens (primary N) is 1. The molecule has 0 aromatic carbocycles. The Kier molecular flexibility index (Phi) is 2.63. The van der Waals surface area contributed by atoms with Crippen molar-refractivity contribution in [3.63, 3.8) is 0 Å². The fourth-order valence-corrected chi connectivity index (χ4v) is 0.965. The van der Waals surface area contributed by atoms with E-state index in [9.17, 15) is 8.78 Å². The van der Waals surface area contributed by atoms with Crippen LogP contribution in [0.3, 0.4) is 0 Å². The maximum absolute atomic E-state index is 12.2. The summed E-state index contributed by atoms with van der Waals surface area (Å²) in [7, 11) is 0. The average Bonchev–Trinajstić information content (AvgIpc) is 2.09. The highest BCUT2D eigenvalue weighted by Crippen LogP contribution is 2.30.